The van der Waals surface area contributed by atoms with Crippen LogP contribution in [-0.2, 0) is 11.2 Å². The fourth-order valence-electron chi connectivity index (χ4n) is 3.32. The minimum Gasteiger partial charge on any atom is -0.493 e. The maximum Gasteiger partial charge on any atom is 0.220 e. The smallest absolute Gasteiger partial charge is 0.220 e. The Morgan fingerprint density at radius 3 is 2.50 bits per heavy atom. The van der Waals surface area contributed by atoms with Crippen LogP contribution in [0.15, 0.2) is 36.4 Å². The van der Waals surface area contributed by atoms with Crippen molar-refractivity contribution < 1.29 is 18.7 Å². The summed E-state index contributed by atoms with van der Waals surface area (Å²) < 4.78 is 24.5. The average molecular weight is 329 g/mol. The Kier molecular flexibility index (Phi) is 4.42. The second-order valence-electron chi connectivity index (χ2n) is 5.83. The molecule has 24 heavy (non-hydrogen) atoms. The maximum absolute atomic E-state index is 13.7. The second kappa shape index (κ2) is 6.51. The van der Waals surface area contributed by atoms with Gasteiger partial charge in [-0.25, -0.2) is 4.39 Å². The van der Waals surface area contributed by atoms with Crippen LogP contribution >= 0.6 is 0 Å². The molecule has 0 radical (unpaired) electrons. The molecule has 2 aromatic carbocycles. The van der Waals surface area contributed by atoms with Crippen molar-refractivity contribution in [2.24, 2.45) is 0 Å². The van der Waals surface area contributed by atoms with Crippen LogP contribution in [0.5, 0.6) is 11.5 Å². The van der Waals surface area contributed by atoms with Gasteiger partial charge in [0.2, 0.25) is 5.91 Å². The fourth-order valence-corrected chi connectivity index (χ4v) is 3.32. The molecule has 0 spiro atoms. The van der Waals surface area contributed by atoms with Gasteiger partial charge in [0.05, 0.1) is 20.3 Å². The number of hydrogen-bond acceptors (Lipinski definition) is 3. The lowest BCUT2D eigenvalue weighted by molar-refractivity contribution is -0.130. The summed E-state index contributed by atoms with van der Waals surface area (Å²) in [5.74, 6) is 0.905. The van der Waals surface area contributed by atoms with Crippen LogP contribution in [0.1, 0.15) is 29.7 Å². The molecule has 1 aliphatic rings. The number of amides is 1. The van der Waals surface area contributed by atoms with Gasteiger partial charge in [0.15, 0.2) is 11.5 Å². The van der Waals surface area contributed by atoms with E-state index in [2.05, 4.69) is 0 Å². The SMILES string of the molecule is COc1cc2c(cc1OC)[C@@H](c1cccc(F)c1)N(C(C)=O)CC2. The van der Waals surface area contributed by atoms with Crippen LogP contribution in [0.25, 0.3) is 0 Å². The number of halogens is 1. The van der Waals surface area contributed by atoms with E-state index >= 15 is 0 Å². The highest BCUT2D eigenvalue weighted by Gasteiger charge is 2.32. The molecule has 0 saturated heterocycles. The van der Waals surface area contributed by atoms with E-state index in [1.54, 1.807) is 25.2 Å². The van der Waals surface area contributed by atoms with Crippen LogP contribution in [0, 0.1) is 5.82 Å². The number of carbonyl (C=O) groups excluding carboxylic acids is 1. The zero-order valence-electron chi connectivity index (χ0n) is 14.0. The molecular weight excluding hydrogens is 309 g/mol. The highest BCUT2D eigenvalue weighted by Crippen LogP contribution is 2.41. The highest BCUT2D eigenvalue weighted by atomic mass is 19.1. The first-order chi connectivity index (χ1) is 11.5. The zero-order valence-corrected chi connectivity index (χ0v) is 14.0. The Hall–Kier alpha value is -2.56. The molecule has 126 valence electrons. The highest BCUT2D eigenvalue weighted by molar-refractivity contribution is 5.75. The second-order valence-corrected chi connectivity index (χ2v) is 5.83. The normalized spacial score (nSPS) is 16.5. The Balaban J connectivity index is 2.18. The molecule has 4 nitrogen and oxygen atoms in total. The zero-order chi connectivity index (χ0) is 17.3. The summed E-state index contributed by atoms with van der Waals surface area (Å²) in [6.45, 7) is 2.12. The molecule has 3 rings (SSSR count). The first kappa shape index (κ1) is 16.3. The third kappa shape index (κ3) is 2.82. The van der Waals surface area contributed by atoms with Crippen molar-refractivity contribution in [1.29, 1.82) is 0 Å². The summed E-state index contributed by atoms with van der Waals surface area (Å²) in [6, 6.07) is 9.89. The van der Waals surface area contributed by atoms with Gasteiger partial charge in [-0.15, -0.1) is 0 Å². The minimum absolute atomic E-state index is 0.0373. The van der Waals surface area contributed by atoms with E-state index in [-0.39, 0.29) is 17.8 Å². The molecule has 2 aromatic rings. The van der Waals surface area contributed by atoms with Gasteiger partial charge in [-0.2, -0.15) is 0 Å². The lowest BCUT2D eigenvalue weighted by Crippen LogP contribution is -2.39. The van der Waals surface area contributed by atoms with Crippen molar-refractivity contribution in [3.05, 3.63) is 58.9 Å². The Bertz CT molecular complexity index is 775. The van der Waals surface area contributed by atoms with Gasteiger partial charge in [-0.3, -0.25) is 4.79 Å². The van der Waals surface area contributed by atoms with Crippen LogP contribution < -0.4 is 9.47 Å². The molecule has 0 aliphatic carbocycles. The minimum atomic E-state index is -0.332. The molecule has 0 aromatic heterocycles. The van der Waals surface area contributed by atoms with Gasteiger partial charge >= 0.3 is 0 Å². The standard InChI is InChI=1S/C19H20FNO3/c1-12(22)21-8-7-13-10-17(23-2)18(24-3)11-16(13)19(21)14-5-4-6-15(20)9-14/h4-6,9-11,19H,7-8H2,1-3H3/t19-/m1/s1. The molecule has 1 amide bonds. The third-order valence-corrected chi connectivity index (χ3v) is 4.44. The van der Waals surface area contributed by atoms with Crippen molar-refractivity contribution in [2.45, 2.75) is 19.4 Å². The predicted molar refractivity (Wildman–Crippen MR) is 88.9 cm³/mol. The fraction of sp³-hybridized carbons (Fsp3) is 0.316. The molecule has 0 fully saturated rings. The summed E-state index contributed by atoms with van der Waals surface area (Å²) in [4.78, 5) is 13.9. The topological polar surface area (TPSA) is 38.8 Å². The van der Waals surface area contributed by atoms with Crippen molar-refractivity contribution in [1.82, 2.24) is 4.90 Å². The van der Waals surface area contributed by atoms with E-state index < -0.39 is 0 Å². The predicted octanol–water partition coefficient (Wildman–Crippen LogP) is 3.34. The number of methoxy groups -OCH3 is 2. The average Bonchev–Trinajstić information content (AvgIpc) is 2.59. The molecule has 1 atom stereocenters. The lowest BCUT2D eigenvalue weighted by Gasteiger charge is -2.37. The summed E-state index contributed by atoms with van der Waals surface area (Å²) in [5, 5.41) is 0. The number of rotatable bonds is 3. The van der Waals surface area contributed by atoms with Gasteiger partial charge < -0.3 is 14.4 Å². The van der Waals surface area contributed by atoms with Crippen molar-refractivity contribution in [2.75, 3.05) is 20.8 Å². The number of hydrogen-bond donors (Lipinski definition) is 0. The van der Waals surface area contributed by atoms with Crippen LogP contribution in [0.3, 0.4) is 0 Å². The molecule has 0 bridgehead atoms. The number of carbonyl (C=O) groups is 1. The van der Waals surface area contributed by atoms with Crippen molar-refractivity contribution >= 4 is 5.91 Å². The maximum atomic E-state index is 13.7. The first-order valence-electron chi connectivity index (χ1n) is 7.82. The van der Waals surface area contributed by atoms with Crippen LogP contribution in [-0.4, -0.2) is 31.6 Å². The van der Waals surface area contributed by atoms with Gasteiger partial charge in [0.1, 0.15) is 5.82 Å². The van der Waals surface area contributed by atoms with Crippen LogP contribution in [0.4, 0.5) is 4.39 Å². The quantitative estimate of drug-likeness (QED) is 0.867. The van der Waals surface area contributed by atoms with Gasteiger partial charge in [0, 0.05) is 13.5 Å². The van der Waals surface area contributed by atoms with E-state index in [0.717, 1.165) is 23.1 Å². The summed E-state index contributed by atoms with van der Waals surface area (Å²) in [5.41, 5.74) is 2.78. The number of fused-ring (bicyclic) bond motifs is 1. The van der Waals surface area contributed by atoms with E-state index in [9.17, 15) is 9.18 Å². The molecule has 0 N–H and O–H groups in total. The third-order valence-electron chi connectivity index (χ3n) is 4.44. The van der Waals surface area contributed by atoms with Gasteiger partial charge in [0.25, 0.3) is 0 Å². The Labute approximate surface area is 140 Å². The van der Waals surface area contributed by atoms with Crippen LogP contribution in [0.2, 0.25) is 0 Å². The lowest BCUT2D eigenvalue weighted by atomic mass is 9.87. The monoisotopic (exact) mass is 329 g/mol. The molecule has 1 heterocycles. The number of ether oxygens (including phenoxy) is 2. The number of benzene rings is 2. The summed E-state index contributed by atoms with van der Waals surface area (Å²) in [7, 11) is 3.17. The molecule has 0 saturated carbocycles. The van der Waals surface area contributed by atoms with E-state index in [1.807, 2.05) is 18.2 Å². The van der Waals surface area contributed by atoms with Crippen molar-refractivity contribution in [3.63, 3.8) is 0 Å². The van der Waals surface area contributed by atoms with Crippen molar-refractivity contribution in [3.8, 4) is 11.5 Å². The van der Waals surface area contributed by atoms with E-state index in [4.69, 9.17) is 9.47 Å². The largest absolute Gasteiger partial charge is 0.493 e. The summed E-state index contributed by atoms with van der Waals surface area (Å²) >= 11 is 0. The molecule has 0 unspecified atom stereocenters. The summed E-state index contributed by atoms with van der Waals surface area (Å²) in [6.07, 6.45) is 0.723. The first-order valence-corrected chi connectivity index (χ1v) is 7.82. The van der Waals surface area contributed by atoms with E-state index in [0.29, 0.717) is 18.0 Å². The Morgan fingerprint density at radius 1 is 1.17 bits per heavy atom. The number of nitrogens with zero attached hydrogens (tertiary/aromatic N) is 1. The Morgan fingerprint density at radius 2 is 1.88 bits per heavy atom. The van der Waals surface area contributed by atoms with E-state index in [1.165, 1.54) is 19.1 Å². The molecule has 5 heteroatoms. The van der Waals surface area contributed by atoms with Gasteiger partial charge in [-0.05, 0) is 47.4 Å². The molecule has 1 aliphatic heterocycles. The molecular formula is C19H20FNO3. The van der Waals surface area contributed by atoms with Gasteiger partial charge in [-0.1, -0.05) is 12.1 Å².